The smallest absolute Gasteiger partial charge is 0.347 e. The molecule has 0 spiro atoms. The van der Waals surface area contributed by atoms with Crippen molar-refractivity contribution in [3.63, 3.8) is 0 Å². The van der Waals surface area contributed by atoms with Crippen molar-refractivity contribution in [2.45, 2.75) is 24.3 Å². The summed E-state index contributed by atoms with van der Waals surface area (Å²) in [6.45, 7) is 1.68. The van der Waals surface area contributed by atoms with E-state index in [-0.39, 0.29) is 22.6 Å². The number of hydrogen-bond donors (Lipinski definition) is 1. The normalized spacial score (nSPS) is 12.1. The minimum absolute atomic E-state index is 0.102. The van der Waals surface area contributed by atoms with Crippen molar-refractivity contribution < 1.29 is 27.5 Å². The van der Waals surface area contributed by atoms with E-state index in [0.29, 0.717) is 0 Å². The second-order valence-corrected chi connectivity index (χ2v) is 7.01. The Morgan fingerprint density at radius 1 is 1.08 bits per heavy atom. The molecule has 0 saturated carbocycles. The number of esters is 2. The van der Waals surface area contributed by atoms with Gasteiger partial charge in [-0.2, -0.15) is 0 Å². The van der Waals surface area contributed by atoms with E-state index >= 15 is 0 Å². The average Bonchev–Trinajstić information content (AvgIpc) is 2.65. The second kappa shape index (κ2) is 8.48. The molecule has 0 heterocycles. The number of hydrogen-bond acceptors (Lipinski definition) is 6. The van der Waals surface area contributed by atoms with E-state index in [9.17, 15) is 18.0 Å². The van der Waals surface area contributed by atoms with Crippen LogP contribution < -0.4 is 4.72 Å². The summed E-state index contributed by atoms with van der Waals surface area (Å²) in [5.74, 6) is -1.40. The number of ether oxygens (including phenoxy) is 2. The highest BCUT2D eigenvalue weighted by molar-refractivity contribution is 7.92. The number of methoxy groups -OCH3 is 1. The molecule has 0 bridgehead atoms. The summed E-state index contributed by atoms with van der Waals surface area (Å²) in [5.41, 5.74) is 0.315. The Bertz CT molecular complexity index is 880. The Labute approximate surface area is 152 Å². The molecule has 2 aromatic carbocycles. The SMILES string of the molecule is CCC(OC(=O)c1cccc(NS(=O)(=O)c2ccccc2)c1)C(=O)OC. The lowest BCUT2D eigenvalue weighted by molar-refractivity contribution is -0.151. The maximum absolute atomic E-state index is 12.3. The molecule has 138 valence electrons. The zero-order valence-corrected chi connectivity index (χ0v) is 15.2. The number of carbonyl (C=O) groups is 2. The first-order chi connectivity index (χ1) is 12.4. The molecule has 2 rings (SSSR count). The largest absolute Gasteiger partial charge is 0.466 e. The second-order valence-electron chi connectivity index (χ2n) is 5.32. The molecule has 0 amide bonds. The maximum Gasteiger partial charge on any atom is 0.347 e. The van der Waals surface area contributed by atoms with Gasteiger partial charge in [-0.05, 0) is 36.8 Å². The Hall–Kier alpha value is -2.87. The lowest BCUT2D eigenvalue weighted by Gasteiger charge is -2.14. The Morgan fingerprint density at radius 2 is 1.77 bits per heavy atom. The molecule has 2 aromatic rings. The molecule has 0 aliphatic heterocycles. The van der Waals surface area contributed by atoms with Crippen LogP contribution in [0.2, 0.25) is 0 Å². The number of anilines is 1. The van der Waals surface area contributed by atoms with Crippen molar-refractivity contribution in [3.05, 3.63) is 60.2 Å². The fourth-order valence-electron chi connectivity index (χ4n) is 2.15. The molecule has 8 heteroatoms. The zero-order chi connectivity index (χ0) is 19.2. The van der Waals surface area contributed by atoms with E-state index in [4.69, 9.17) is 4.74 Å². The minimum atomic E-state index is -3.78. The van der Waals surface area contributed by atoms with Crippen LogP contribution >= 0.6 is 0 Å². The molecule has 1 N–H and O–H groups in total. The lowest BCUT2D eigenvalue weighted by atomic mass is 10.2. The molecule has 0 aromatic heterocycles. The summed E-state index contributed by atoms with van der Waals surface area (Å²) < 4.78 is 36.8. The van der Waals surface area contributed by atoms with Gasteiger partial charge in [-0.15, -0.1) is 0 Å². The van der Waals surface area contributed by atoms with Crippen LogP contribution in [0.1, 0.15) is 23.7 Å². The number of carbonyl (C=O) groups excluding carboxylic acids is 2. The van der Waals surface area contributed by atoms with Crippen LogP contribution in [0, 0.1) is 0 Å². The molecular formula is C18H19NO6S. The van der Waals surface area contributed by atoms with Crippen molar-refractivity contribution in [2.24, 2.45) is 0 Å². The molecule has 1 atom stereocenters. The number of benzene rings is 2. The highest BCUT2D eigenvalue weighted by atomic mass is 32.2. The molecule has 0 radical (unpaired) electrons. The summed E-state index contributed by atoms with van der Waals surface area (Å²) in [7, 11) is -2.57. The molecule has 1 unspecified atom stereocenters. The highest BCUT2D eigenvalue weighted by Crippen LogP contribution is 2.18. The van der Waals surface area contributed by atoms with Crippen LogP contribution in [0.4, 0.5) is 5.69 Å². The zero-order valence-electron chi connectivity index (χ0n) is 14.3. The highest BCUT2D eigenvalue weighted by Gasteiger charge is 2.23. The summed E-state index contributed by atoms with van der Waals surface area (Å²) in [6, 6.07) is 13.7. The quantitative estimate of drug-likeness (QED) is 0.745. The fourth-order valence-corrected chi connectivity index (χ4v) is 3.22. The molecule has 0 aliphatic rings. The molecular weight excluding hydrogens is 358 g/mol. The molecule has 0 aliphatic carbocycles. The van der Waals surface area contributed by atoms with Gasteiger partial charge < -0.3 is 9.47 Å². The number of rotatable bonds is 7. The van der Waals surface area contributed by atoms with Gasteiger partial charge in [0, 0.05) is 5.69 Å². The summed E-state index contributed by atoms with van der Waals surface area (Å²) in [4.78, 5) is 23.8. The van der Waals surface area contributed by atoms with Crippen LogP contribution in [0.3, 0.4) is 0 Å². The van der Waals surface area contributed by atoms with Gasteiger partial charge in [0.15, 0.2) is 6.10 Å². The Balaban J connectivity index is 2.17. The predicted molar refractivity (Wildman–Crippen MR) is 95.2 cm³/mol. The van der Waals surface area contributed by atoms with Crippen molar-refractivity contribution in [1.29, 1.82) is 0 Å². The number of nitrogens with one attached hydrogen (secondary N) is 1. The Morgan fingerprint density at radius 3 is 2.38 bits per heavy atom. The third kappa shape index (κ3) is 4.82. The van der Waals surface area contributed by atoms with Crippen LogP contribution in [0.15, 0.2) is 59.5 Å². The van der Waals surface area contributed by atoms with Crippen molar-refractivity contribution in [2.75, 3.05) is 11.8 Å². The van der Waals surface area contributed by atoms with E-state index in [1.165, 1.54) is 43.5 Å². The van der Waals surface area contributed by atoms with E-state index in [1.54, 1.807) is 25.1 Å². The van der Waals surface area contributed by atoms with Crippen molar-refractivity contribution in [1.82, 2.24) is 0 Å². The third-order valence-electron chi connectivity index (χ3n) is 3.49. The van der Waals surface area contributed by atoms with E-state index in [0.717, 1.165) is 0 Å². The van der Waals surface area contributed by atoms with Gasteiger partial charge in [-0.25, -0.2) is 18.0 Å². The van der Waals surface area contributed by atoms with Gasteiger partial charge in [0.05, 0.1) is 17.6 Å². The molecule has 0 fully saturated rings. The van der Waals surface area contributed by atoms with Crippen LogP contribution in [0.5, 0.6) is 0 Å². The maximum atomic E-state index is 12.3. The topological polar surface area (TPSA) is 98.8 Å². The van der Waals surface area contributed by atoms with Gasteiger partial charge in [-0.1, -0.05) is 31.2 Å². The van der Waals surface area contributed by atoms with Gasteiger partial charge in [-0.3, -0.25) is 4.72 Å². The van der Waals surface area contributed by atoms with Crippen LogP contribution in [0.25, 0.3) is 0 Å². The van der Waals surface area contributed by atoms with Crippen LogP contribution in [-0.4, -0.2) is 33.6 Å². The molecule has 7 nitrogen and oxygen atoms in total. The van der Waals surface area contributed by atoms with Crippen molar-refractivity contribution in [3.8, 4) is 0 Å². The summed E-state index contributed by atoms with van der Waals surface area (Å²) in [6.07, 6.45) is -0.754. The first kappa shape index (κ1) is 19.5. The molecule has 26 heavy (non-hydrogen) atoms. The number of sulfonamides is 1. The Kier molecular flexibility index (Phi) is 6.35. The van der Waals surface area contributed by atoms with E-state index < -0.39 is 28.1 Å². The van der Waals surface area contributed by atoms with E-state index in [2.05, 4.69) is 9.46 Å². The van der Waals surface area contributed by atoms with Gasteiger partial charge in [0.25, 0.3) is 10.0 Å². The monoisotopic (exact) mass is 377 g/mol. The van der Waals surface area contributed by atoms with E-state index in [1.807, 2.05) is 0 Å². The standard InChI is InChI=1S/C18H19NO6S/c1-3-16(18(21)24-2)25-17(20)13-8-7-9-14(12-13)19-26(22,23)15-10-5-4-6-11-15/h4-12,16,19H,3H2,1-2H3. The van der Waals surface area contributed by atoms with Crippen LogP contribution in [-0.2, 0) is 24.3 Å². The summed E-state index contributed by atoms with van der Waals surface area (Å²) >= 11 is 0. The summed E-state index contributed by atoms with van der Waals surface area (Å²) in [5, 5.41) is 0. The van der Waals surface area contributed by atoms with Gasteiger partial charge in [0.2, 0.25) is 0 Å². The van der Waals surface area contributed by atoms with Gasteiger partial charge >= 0.3 is 11.9 Å². The first-order valence-electron chi connectivity index (χ1n) is 7.84. The first-order valence-corrected chi connectivity index (χ1v) is 9.32. The minimum Gasteiger partial charge on any atom is -0.466 e. The van der Waals surface area contributed by atoms with Gasteiger partial charge in [0.1, 0.15) is 0 Å². The van der Waals surface area contributed by atoms with Crippen molar-refractivity contribution >= 4 is 27.6 Å². The third-order valence-corrected chi connectivity index (χ3v) is 4.89. The fraction of sp³-hybridized carbons (Fsp3) is 0.222. The average molecular weight is 377 g/mol. The lowest BCUT2D eigenvalue weighted by Crippen LogP contribution is -2.27. The predicted octanol–water partition coefficient (Wildman–Crippen LogP) is 2.60. The molecule has 0 saturated heterocycles.